The Labute approximate surface area is 129 Å². The highest BCUT2D eigenvalue weighted by Crippen LogP contribution is 2.21. The molecular weight excluding hydrogens is 320 g/mol. The number of ether oxygens (including phenoxy) is 1. The Morgan fingerprint density at radius 2 is 2.29 bits per heavy atom. The van der Waals surface area contributed by atoms with Gasteiger partial charge < -0.3 is 10.1 Å². The Bertz CT molecular complexity index is 583. The van der Waals surface area contributed by atoms with Crippen molar-refractivity contribution in [1.29, 1.82) is 0 Å². The minimum atomic E-state index is -3.80. The molecule has 0 aromatic carbocycles. The van der Waals surface area contributed by atoms with Crippen LogP contribution in [0.4, 0.5) is 0 Å². The zero-order valence-electron chi connectivity index (χ0n) is 11.8. The summed E-state index contributed by atoms with van der Waals surface area (Å²) >= 11 is 0. The molecule has 2 heterocycles. The van der Waals surface area contributed by atoms with E-state index < -0.39 is 16.0 Å². The van der Waals surface area contributed by atoms with Crippen LogP contribution in [0.2, 0.25) is 0 Å². The van der Waals surface area contributed by atoms with Gasteiger partial charge in [0.1, 0.15) is 5.56 Å². The predicted octanol–water partition coefficient (Wildman–Crippen LogP) is -0.00940. The Morgan fingerprint density at radius 3 is 2.86 bits per heavy atom. The van der Waals surface area contributed by atoms with E-state index in [2.05, 4.69) is 15.5 Å². The number of H-pyrrole nitrogens is 1. The highest BCUT2D eigenvalue weighted by Gasteiger charge is 2.34. The van der Waals surface area contributed by atoms with Gasteiger partial charge in [0.25, 0.3) is 10.0 Å². The van der Waals surface area contributed by atoms with Crippen LogP contribution in [0, 0.1) is 0 Å². The second-order valence-electron chi connectivity index (χ2n) is 4.50. The van der Waals surface area contributed by atoms with Crippen LogP contribution >= 0.6 is 12.4 Å². The third-order valence-electron chi connectivity index (χ3n) is 3.29. The van der Waals surface area contributed by atoms with Crippen molar-refractivity contribution < 1.29 is 17.9 Å². The van der Waals surface area contributed by atoms with Crippen LogP contribution in [-0.4, -0.2) is 61.7 Å². The molecular formula is C11H19ClN4O4S. The molecule has 10 heteroatoms. The lowest BCUT2D eigenvalue weighted by Crippen LogP contribution is -2.39. The van der Waals surface area contributed by atoms with Gasteiger partial charge in [-0.3, -0.25) is 5.10 Å². The summed E-state index contributed by atoms with van der Waals surface area (Å²) < 4.78 is 31.2. The van der Waals surface area contributed by atoms with Crippen LogP contribution in [0.1, 0.15) is 23.7 Å². The van der Waals surface area contributed by atoms with Gasteiger partial charge >= 0.3 is 5.97 Å². The van der Waals surface area contributed by atoms with Crippen molar-refractivity contribution in [2.75, 3.05) is 26.7 Å². The standard InChI is InChI=1S/C11H18N4O4S.ClH/c1-3-19-11(16)9-7-13-14-10(9)20(17,18)15(2)8-4-5-12-6-8;/h7-8,12H,3-6H2,1-2H3,(H,13,14);1H. The summed E-state index contributed by atoms with van der Waals surface area (Å²) in [5, 5.41) is 8.93. The molecule has 1 aromatic rings. The Morgan fingerprint density at radius 1 is 1.57 bits per heavy atom. The van der Waals surface area contributed by atoms with E-state index in [4.69, 9.17) is 4.74 Å². The summed E-state index contributed by atoms with van der Waals surface area (Å²) in [6, 6.07) is -0.127. The molecule has 2 N–H and O–H groups in total. The fourth-order valence-electron chi connectivity index (χ4n) is 2.12. The number of halogens is 1. The number of likely N-dealkylation sites (N-methyl/N-ethyl adjacent to an activating group) is 1. The van der Waals surface area contributed by atoms with E-state index in [1.807, 2.05) is 0 Å². The maximum absolute atomic E-state index is 12.5. The summed E-state index contributed by atoms with van der Waals surface area (Å²) in [6.45, 7) is 3.20. The van der Waals surface area contributed by atoms with Crippen LogP contribution < -0.4 is 5.32 Å². The van der Waals surface area contributed by atoms with Crippen molar-refractivity contribution >= 4 is 28.4 Å². The summed E-state index contributed by atoms with van der Waals surface area (Å²) in [4.78, 5) is 11.7. The van der Waals surface area contributed by atoms with Gasteiger partial charge in [-0.05, 0) is 19.9 Å². The maximum atomic E-state index is 12.5. The highest BCUT2D eigenvalue weighted by molar-refractivity contribution is 7.89. The molecule has 0 saturated carbocycles. The Kier molecular flexibility index (Phi) is 6.14. The molecule has 2 rings (SSSR count). The molecule has 8 nitrogen and oxygen atoms in total. The van der Waals surface area contributed by atoms with Gasteiger partial charge in [-0.15, -0.1) is 12.4 Å². The number of rotatable bonds is 5. The first-order chi connectivity index (χ1) is 9.48. The van der Waals surface area contributed by atoms with Crippen molar-refractivity contribution in [2.45, 2.75) is 24.4 Å². The minimum absolute atomic E-state index is 0. The van der Waals surface area contributed by atoms with E-state index in [0.29, 0.717) is 6.54 Å². The number of carbonyl (C=O) groups excluding carboxylic acids is 1. The van der Waals surface area contributed by atoms with Gasteiger partial charge in [0.2, 0.25) is 0 Å². The second kappa shape index (κ2) is 7.21. The number of sulfonamides is 1. The number of nitrogens with one attached hydrogen (secondary N) is 2. The quantitative estimate of drug-likeness (QED) is 0.732. The summed E-state index contributed by atoms with van der Waals surface area (Å²) in [6.07, 6.45) is 1.91. The van der Waals surface area contributed by atoms with Gasteiger partial charge in [0.05, 0.1) is 12.8 Å². The smallest absolute Gasteiger partial charge is 0.342 e. The third kappa shape index (κ3) is 3.54. The molecule has 21 heavy (non-hydrogen) atoms. The normalized spacial score (nSPS) is 18.5. The molecule has 1 unspecified atom stereocenters. The molecule has 0 aliphatic carbocycles. The van der Waals surface area contributed by atoms with Gasteiger partial charge in [-0.1, -0.05) is 0 Å². The molecule has 0 spiro atoms. The van der Waals surface area contributed by atoms with E-state index in [0.717, 1.165) is 13.0 Å². The van der Waals surface area contributed by atoms with E-state index in [-0.39, 0.29) is 35.6 Å². The molecule has 1 fully saturated rings. The van der Waals surface area contributed by atoms with Gasteiger partial charge in [-0.2, -0.15) is 9.40 Å². The predicted molar refractivity (Wildman–Crippen MR) is 78.0 cm³/mol. The van der Waals surface area contributed by atoms with Crippen LogP contribution in [-0.2, 0) is 14.8 Å². The molecule has 1 saturated heterocycles. The van der Waals surface area contributed by atoms with Crippen molar-refractivity contribution in [3.05, 3.63) is 11.8 Å². The second-order valence-corrected chi connectivity index (χ2v) is 6.44. The number of aromatic nitrogens is 2. The van der Waals surface area contributed by atoms with Crippen LogP contribution in [0.15, 0.2) is 11.2 Å². The fourth-order valence-corrected chi connectivity index (χ4v) is 3.56. The van der Waals surface area contributed by atoms with Crippen molar-refractivity contribution in [3.63, 3.8) is 0 Å². The third-order valence-corrected chi connectivity index (χ3v) is 5.17. The average Bonchev–Trinajstić information content (AvgIpc) is 3.09. The average molecular weight is 339 g/mol. The maximum Gasteiger partial charge on any atom is 0.342 e. The first kappa shape index (κ1) is 17.9. The summed E-state index contributed by atoms with van der Waals surface area (Å²) in [7, 11) is -2.30. The van der Waals surface area contributed by atoms with Gasteiger partial charge in [0, 0.05) is 19.6 Å². The van der Waals surface area contributed by atoms with E-state index in [1.165, 1.54) is 17.5 Å². The molecule has 1 aliphatic rings. The topological polar surface area (TPSA) is 104 Å². The summed E-state index contributed by atoms with van der Waals surface area (Å²) in [5.74, 6) is -0.697. The number of esters is 1. The fraction of sp³-hybridized carbons (Fsp3) is 0.636. The van der Waals surface area contributed by atoms with Gasteiger partial charge in [-0.25, -0.2) is 13.2 Å². The van der Waals surface area contributed by atoms with E-state index >= 15 is 0 Å². The molecule has 1 atom stereocenters. The first-order valence-electron chi connectivity index (χ1n) is 6.37. The van der Waals surface area contributed by atoms with Crippen molar-refractivity contribution in [3.8, 4) is 0 Å². The number of aromatic amines is 1. The SMILES string of the molecule is CCOC(=O)c1cn[nH]c1S(=O)(=O)N(C)C1CCNC1.Cl. The molecule has 0 radical (unpaired) electrons. The lowest BCUT2D eigenvalue weighted by molar-refractivity contribution is 0.0521. The zero-order chi connectivity index (χ0) is 14.8. The Balaban J connectivity index is 0.00000220. The number of nitrogens with zero attached hydrogens (tertiary/aromatic N) is 2. The molecule has 1 aromatic heterocycles. The monoisotopic (exact) mass is 338 g/mol. The van der Waals surface area contributed by atoms with E-state index in [1.54, 1.807) is 6.92 Å². The van der Waals surface area contributed by atoms with Crippen LogP contribution in [0.3, 0.4) is 0 Å². The number of hydrogen-bond acceptors (Lipinski definition) is 6. The van der Waals surface area contributed by atoms with Crippen molar-refractivity contribution in [1.82, 2.24) is 19.8 Å². The lowest BCUT2D eigenvalue weighted by atomic mass is 10.3. The van der Waals surface area contributed by atoms with Crippen LogP contribution in [0.5, 0.6) is 0 Å². The van der Waals surface area contributed by atoms with Crippen LogP contribution in [0.25, 0.3) is 0 Å². The highest BCUT2D eigenvalue weighted by atomic mass is 35.5. The first-order valence-corrected chi connectivity index (χ1v) is 7.81. The van der Waals surface area contributed by atoms with Crippen molar-refractivity contribution in [2.24, 2.45) is 0 Å². The summed E-state index contributed by atoms with van der Waals surface area (Å²) in [5.41, 5.74) is -0.0651. The Hall–Kier alpha value is -1.16. The number of carbonyl (C=O) groups is 1. The molecule has 0 bridgehead atoms. The lowest BCUT2D eigenvalue weighted by Gasteiger charge is -2.22. The zero-order valence-corrected chi connectivity index (χ0v) is 13.5. The largest absolute Gasteiger partial charge is 0.462 e. The number of hydrogen-bond donors (Lipinski definition) is 2. The van der Waals surface area contributed by atoms with E-state index in [9.17, 15) is 13.2 Å². The minimum Gasteiger partial charge on any atom is -0.462 e. The molecule has 1 aliphatic heterocycles. The molecule has 0 amide bonds. The molecule has 120 valence electrons. The van der Waals surface area contributed by atoms with Gasteiger partial charge in [0.15, 0.2) is 5.03 Å².